The van der Waals surface area contributed by atoms with E-state index in [9.17, 15) is 0 Å². The van der Waals surface area contributed by atoms with Gasteiger partial charge in [0.25, 0.3) is 0 Å². The van der Waals surface area contributed by atoms with E-state index in [1.54, 1.807) is 13.4 Å². The fourth-order valence-electron chi connectivity index (χ4n) is 4.59. The van der Waals surface area contributed by atoms with E-state index in [0.717, 1.165) is 66.8 Å². The first-order valence-corrected chi connectivity index (χ1v) is 11.6. The minimum Gasteiger partial charge on any atom is -0.494 e. The molecule has 0 saturated carbocycles. The standard InChI is InChI=1S/C26H31N7O/c1-4-32-9-11-33(12-10-32)24-16-25(34-3)22(14-20(24)27)30-26-15-21(28-17-29-26)18-5-6-23-19(13-18)7-8-31(23)2/h5-8,13-17H,4,9-12,27H2,1-3H3,(H,28,29,30). The normalized spacial score (nSPS) is 14.5. The number of aryl methyl sites for hydroxylation is 1. The van der Waals surface area contributed by atoms with Crippen LogP contribution in [0.4, 0.5) is 22.9 Å². The van der Waals surface area contributed by atoms with Crippen LogP contribution in [-0.2, 0) is 7.05 Å². The maximum Gasteiger partial charge on any atom is 0.144 e. The SMILES string of the molecule is CCN1CCN(c2cc(OC)c(Nc3cc(-c4ccc5c(ccn5C)c4)ncn3)cc2N)CC1. The molecule has 2 aromatic heterocycles. The van der Waals surface area contributed by atoms with Gasteiger partial charge in [0.2, 0.25) is 0 Å². The van der Waals surface area contributed by atoms with Crippen molar-refractivity contribution in [1.82, 2.24) is 19.4 Å². The average Bonchev–Trinajstić information content (AvgIpc) is 3.24. The first kappa shape index (κ1) is 22.0. The van der Waals surface area contributed by atoms with Gasteiger partial charge in [-0.3, -0.25) is 0 Å². The van der Waals surface area contributed by atoms with E-state index in [4.69, 9.17) is 10.5 Å². The Morgan fingerprint density at radius 2 is 1.85 bits per heavy atom. The second-order valence-electron chi connectivity index (χ2n) is 8.65. The molecule has 8 heteroatoms. The Hall–Kier alpha value is -3.78. The zero-order valence-corrected chi connectivity index (χ0v) is 20.0. The van der Waals surface area contributed by atoms with Crippen LogP contribution in [0.5, 0.6) is 5.75 Å². The Morgan fingerprint density at radius 3 is 2.62 bits per heavy atom. The summed E-state index contributed by atoms with van der Waals surface area (Å²) in [5.74, 6) is 1.41. The lowest BCUT2D eigenvalue weighted by atomic mass is 10.1. The van der Waals surface area contributed by atoms with Crippen molar-refractivity contribution in [3.63, 3.8) is 0 Å². The van der Waals surface area contributed by atoms with E-state index >= 15 is 0 Å². The number of ether oxygens (including phenoxy) is 1. The van der Waals surface area contributed by atoms with Crippen molar-refractivity contribution >= 4 is 33.8 Å². The van der Waals surface area contributed by atoms with Crippen molar-refractivity contribution in [2.75, 3.05) is 55.8 Å². The summed E-state index contributed by atoms with van der Waals surface area (Å²) in [5.41, 5.74) is 12.1. The van der Waals surface area contributed by atoms with Gasteiger partial charge >= 0.3 is 0 Å². The smallest absolute Gasteiger partial charge is 0.144 e. The second-order valence-corrected chi connectivity index (χ2v) is 8.65. The summed E-state index contributed by atoms with van der Waals surface area (Å²) in [6, 6.07) is 14.3. The van der Waals surface area contributed by atoms with Crippen LogP contribution in [0.15, 0.2) is 55.0 Å². The van der Waals surface area contributed by atoms with E-state index in [0.29, 0.717) is 5.82 Å². The number of piperazine rings is 1. The van der Waals surface area contributed by atoms with Gasteiger partial charge < -0.3 is 30.2 Å². The van der Waals surface area contributed by atoms with Gasteiger partial charge in [-0.05, 0) is 30.8 Å². The average molecular weight is 458 g/mol. The zero-order valence-electron chi connectivity index (χ0n) is 20.0. The van der Waals surface area contributed by atoms with Crippen molar-refractivity contribution < 1.29 is 4.74 Å². The number of methoxy groups -OCH3 is 1. The molecule has 0 unspecified atom stereocenters. The first-order chi connectivity index (χ1) is 16.6. The third kappa shape index (κ3) is 4.24. The number of rotatable bonds is 6. The number of nitrogens with one attached hydrogen (secondary N) is 1. The van der Waals surface area contributed by atoms with Gasteiger partial charge in [-0.1, -0.05) is 13.0 Å². The highest BCUT2D eigenvalue weighted by Crippen LogP contribution is 2.37. The van der Waals surface area contributed by atoms with E-state index in [1.807, 2.05) is 25.2 Å². The molecule has 8 nitrogen and oxygen atoms in total. The number of fused-ring (bicyclic) bond motifs is 1. The molecule has 4 aromatic rings. The summed E-state index contributed by atoms with van der Waals surface area (Å²) < 4.78 is 7.82. The topological polar surface area (TPSA) is 84.5 Å². The van der Waals surface area contributed by atoms with Crippen LogP contribution >= 0.6 is 0 Å². The molecule has 34 heavy (non-hydrogen) atoms. The summed E-state index contributed by atoms with van der Waals surface area (Å²) >= 11 is 0. The lowest BCUT2D eigenvalue weighted by Crippen LogP contribution is -2.46. The van der Waals surface area contributed by atoms with Gasteiger partial charge in [0, 0.05) is 68.0 Å². The Morgan fingerprint density at radius 1 is 1.03 bits per heavy atom. The number of nitrogen functional groups attached to an aromatic ring is 1. The Labute approximate surface area is 200 Å². The molecule has 1 fully saturated rings. The van der Waals surface area contributed by atoms with Crippen LogP contribution in [0.25, 0.3) is 22.2 Å². The molecule has 0 bridgehead atoms. The summed E-state index contributed by atoms with van der Waals surface area (Å²) in [6.07, 6.45) is 3.63. The maximum absolute atomic E-state index is 6.49. The quantitative estimate of drug-likeness (QED) is 0.422. The number of hydrogen-bond acceptors (Lipinski definition) is 7. The highest BCUT2D eigenvalue weighted by Gasteiger charge is 2.20. The van der Waals surface area contributed by atoms with Crippen LogP contribution in [0.1, 0.15) is 6.92 Å². The van der Waals surface area contributed by atoms with Crippen LogP contribution < -0.4 is 20.7 Å². The van der Waals surface area contributed by atoms with Crippen molar-refractivity contribution in [3.8, 4) is 17.0 Å². The summed E-state index contributed by atoms with van der Waals surface area (Å²) in [7, 11) is 3.72. The summed E-state index contributed by atoms with van der Waals surface area (Å²) in [6.45, 7) is 7.26. The molecule has 176 valence electrons. The van der Waals surface area contributed by atoms with Crippen LogP contribution in [-0.4, -0.2) is 59.3 Å². The van der Waals surface area contributed by atoms with Crippen molar-refractivity contribution in [1.29, 1.82) is 0 Å². The van der Waals surface area contributed by atoms with Crippen molar-refractivity contribution in [3.05, 3.63) is 55.0 Å². The lowest BCUT2D eigenvalue weighted by Gasteiger charge is -2.36. The number of aromatic nitrogens is 3. The molecule has 1 aliphatic heterocycles. The molecule has 5 rings (SSSR count). The third-order valence-electron chi connectivity index (χ3n) is 6.62. The Balaban J connectivity index is 1.40. The third-order valence-corrected chi connectivity index (χ3v) is 6.62. The maximum atomic E-state index is 6.49. The highest BCUT2D eigenvalue weighted by atomic mass is 16.5. The van der Waals surface area contributed by atoms with Crippen LogP contribution in [0.3, 0.4) is 0 Å². The number of hydrogen-bond donors (Lipinski definition) is 2. The van der Waals surface area contributed by atoms with Crippen molar-refractivity contribution in [2.24, 2.45) is 7.05 Å². The molecule has 3 N–H and O–H groups in total. The largest absolute Gasteiger partial charge is 0.494 e. The molecule has 0 atom stereocenters. The van der Waals surface area contributed by atoms with Gasteiger partial charge in [0.1, 0.15) is 17.9 Å². The molecule has 0 amide bonds. The molecule has 0 spiro atoms. The number of nitrogens with zero attached hydrogens (tertiary/aromatic N) is 5. The molecule has 0 aliphatic carbocycles. The predicted molar refractivity (Wildman–Crippen MR) is 139 cm³/mol. The van der Waals surface area contributed by atoms with E-state index in [-0.39, 0.29) is 0 Å². The van der Waals surface area contributed by atoms with E-state index in [2.05, 4.69) is 67.0 Å². The summed E-state index contributed by atoms with van der Waals surface area (Å²) in [4.78, 5) is 13.7. The minimum absolute atomic E-state index is 0.681. The fourth-order valence-corrected chi connectivity index (χ4v) is 4.59. The first-order valence-electron chi connectivity index (χ1n) is 11.6. The number of benzene rings is 2. The monoisotopic (exact) mass is 457 g/mol. The van der Waals surface area contributed by atoms with Gasteiger partial charge in [-0.2, -0.15) is 0 Å². The van der Waals surface area contributed by atoms with Gasteiger partial charge in [-0.25, -0.2) is 9.97 Å². The van der Waals surface area contributed by atoms with Crippen molar-refractivity contribution in [2.45, 2.75) is 6.92 Å². The molecule has 2 aromatic carbocycles. The Bertz CT molecular complexity index is 1310. The molecule has 0 radical (unpaired) electrons. The predicted octanol–water partition coefficient (Wildman–Crippen LogP) is 4.11. The molecular weight excluding hydrogens is 426 g/mol. The number of nitrogens with two attached hydrogens (primary N) is 1. The molecular formula is C26H31N7O. The minimum atomic E-state index is 0.681. The lowest BCUT2D eigenvalue weighted by molar-refractivity contribution is 0.271. The summed E-state index contributed by atoms with van der Waals surface area (Å²) in [5, 5.41) is 4.55. The number of anilines is 4. The van der Waals surface area contributed by atoms with Gasteiger partial charge in [0.15, 0.2) is 0 Å². The van der Waals surface area contributed by atoms with E-state index < -0.39 is 0 Å². The zero-order chi connectivity index (χ0) is 23.7. The second kappa shape index (κ2) is 9.23. The number of likely N-dealkylation sites (N-methyl/N-ethyl adjacent to an activating group) is 1. The molecule has 1 saturated heterocycles. The van der Waals surface area contributed by atoms with Crippen LogP contribution in [0.2, 0.25) is 0 Å². The highest BCUT2D eigenvalue weighted by molar-refractivity contribution is 5.85. The van der Waals surface area contributed by atoms with Gasteiger partial charge in [-0.15, -0.1) is 0 Å². The van der Waals surface area contributed by atoms with E-state index in [1.165, 1.54) is 10.9 Å². The molecule has 1 aliphatic rings. The Kier molecular flexibility index (Phi) is 5.98. The fraction of sp³-hybridized carbons (Fsp3) is 0.308. The molecule has 3 heterocycles. The van der Waals surface area contributed by atoms with Gasteiger partial charge in [0.05, 0.1) is 29.9 Å². The van der Waals surface area contributed by atoms with Crippen LogP contribution in [0, 0.1) is 0 Å².